The fourth-order valence-corrected chi connectivity index (χ4v) is 3.49. The number of nitrogens with one attached hydrogen (secondary N) is 1. The number of anilines is 1. The molecule has 0 fully saturated rings. The van der Waals surface area contributed by atoms with Crippen molar-refractivity contribution in [2.24, 2.45) is 0 Å². The number of aromatic nitrogens is 2. The summed E-state index contributed by atoms with van der Waals surface area (Å²) in [6.07, 6.45) is 0.881. The molecule has 2 aromatic carbocycles. The van der Waals surface area contributed by atoms with Crippen molar-refractivity contribution < 1.29 is 9.47 Å². The molecule has 0 saturated heterocycles. The predicted octanol–water partition coefficient (Wildman–Crippen LogP) is 4.83. The number of ether oxygens (including phenoxy) is 2. The summed E-state index contributed by atoms with van der Waals surface area (Å²) in [5.41, 5.74) is 3.75. The molecular weight excluding hydrogens is 373 g/mol. The first-order valence-corrected chi connectivity index (χ1v) is 8.91. The summed E-state index contributed by atoms with van der Waals surface area (Å²) in [7, 11) is 3.30. The van der Waals surface area contributed by atoms with Gasteiger partial charge in [-0.15, -0.1) is 0 Å². The van der Waals surface area contributed by atoms with Crippen LogP contribution in [-0.2, 0) is 6.42 Å². The van der Waals surface area contributed by atoms with E-state index in [1.165, 1.54) is 0 Å². The highest BCUT2D eigenvalue weighted by molar-refractivity contribution is 6.42. The average molecular weight is 390 g/mol. The smallest absolute Gasteiger partial charge is 0.133 e. The molecule has 5 nitrogen and oxygen atoms in total. The van der Waals surface area contributed by atoms with Crippen molar-refractivity contribution in [1.82, 2.24) is 9.78 Å². The second-order valence-corrected chi connectivity index (χ2v) is 6.74. The summed E-state index contributed by atoms with van der Waals surface area (Å²) in [6, 6.07) is 11.2. The number of fused-ring (bicyclic) bond motifs is 1. The average Bonchev–Trinajstić information content (AvgIpc) is 3.26. The molecule has 1 aliphatic heterocycles. The number of rotatable bonds is 4. The summed E-state index contributed by atoms with van der Waals surface area (Å²) < 4.78 is 12.8. The number of hydrogen-bond acceptors (Lipinski definition) is 4. The molecule has 1 aliphatic rings. The maximum absolute atomic E-state index is 6.20. The quantitative estimate of drug-likeness (QED) is 0.693. The molecule has 0 radical (unpaired) electrons. The van der Waals surface area contributed by atoms with Gasteiger partial charge < -0.3 is 14.8 Å². The molecule has 0 aliphatic carbocycles. The summed E-state index contributed by atoms with van der Waals surface area (Å²) in [6.45, 7) is 0.855. The van der Waals surface area contributed by atoms with E-state index in [1.807, 2.05) is 35.0 Å². The molecule has 3 aromatic rings. The minimum Gasteiger partial charge on any atom is -0.497 e. The Morgan fingerprint density at radius 1 is 1.04 bits per heavy atom. The Hall–Kier alpha value is -2.37. The van der Waals surface area contributed by atoms with Crippen molar-refractivity contribution >= 4 is 29.0 Å². The summed E-state index contributed by atoms with van der Waals surface area (Å²) in [5, 5.41) is 9.26. The molecule has 7 heteroatoms. The van der Waals surface area contributed by atoms with Crippen LogP contribution in [0.5, 0.6) is 11.5 Å². The van der Waals surface area contributed by atoms with Crippen LogP contribution in [0.3, 0.4) is 0 Å². The normalized spacial score (nSPS) is 12.6. The van der Waals surface area contributed by atoms with Crippen molar-refractivity contribution in [1.29, 1.82) is 0 Å². The molecule has 0 spiro atoms. The fraction of sp³-hybridized carbons (Fsp3) is 0.211. The van der Waals surface area contributed by atoms with E-state index in [1.54, 1.807) is 20.3 Å². The third-order valence-corrected chi connectivity index (χ3v) is 5.20. The Balaban J connectivity index is 1.91. The van der Waals surface area contributed by atoms with E-state index in [0.29, 0.717) is 10.0 Å². The van der Waals surface area contributed by atoms with Crippen molar-refractivity contribution in [2.75, 3.05) is 26.1 Å². The van der Waals surface area contributed by atoms with Crippen molar-refractivity contribution in [3.05, 3.63) is 52.0 Å². The molecule has 1 N–H and O–H groups in total. The molecule has 0 saturated carbocycles. The highest BCUT2D eigenvalue weighted by Gasteiger charge is 2.26. The Morgan fingerprint density at radius 3 is 2.62 bits per heavy atom. The first kappa shape index (κ1) is 17.1. The van der Waals surface area contributed by atoms with Gasteiger partial charge in [0.2, 0.25) is 0 Å². The highest BCUT2D eigenvalue weighted by atomic mass is 35.5. The molecule has 0 atom stereocenters. The van der Waals surface area contributed by atoms with Gasteiger partial charge in [-0.3, -0.25) is 0 Å². The lowest BCUT2D eigenvalue weighted by Crippen LogP contribution is -2.04. The molecule has 26 heavy (non-hydrogen) atoms. The number of benzene rings is 2. The van der Waals surface area contributed by atoms with Gasteiger partial charge in [0.1, 0.15) is 23.0 Å². The van der Waals surface area contributed by atoms with Crippen LogP contribution in [0, 0.1) is 0 Å². The van der Waals surface area contributed by atoms with Crippen molar-refractivity contribution in [3.63, 3.8) is 0 Å². The zero-order valence-corrected chi connectivity index (χ0v) is 15.9. The zero-order chi connectivity index (χ0) is 18.3. The molecule has 1 aromatic heterocycles. The van der Waals surface area contributed by atoms with Gasteiger partial charge in [-0.05, 0) is 42.8 Å². The lowest BCUT2D eigenvalue weighted by molar-refractivity contribution is 0.404. The molecular formula is C19H17Cl2N3O2. The topological polar surface area (TPSA) is 48.3 Å². The van der Waals surface area contributed by atoms with Gasteiger partial charge >= 0.3 is 0 Å². The number of halogens is 2. The van der Waals surface area contributed by atoms with Gasteiger partial charge in [0, 0.05) is 17.7 Å². The van der Waals surface area contributed by atoms with E-state index in [0.717, 1.165) is 52.8 Å². The lowest BCUT2D eigenvalue weighted by atomic mass is 10.1. The molecule has 4 rings (SSSR count). The predicted molar refractivity (Wildman–Crippen MR) is 104 cm³/mol. The third kappa shape index (κ3) is 2.77. The lowest BCUT2D eigenvalue weighted by Gasteiger charge is -2.10. The minimum absolute atomic E-state index is 0.493. The van der Waals surface area contributed by atoms with Crippen LogP contribution in [0.1, 0.15) is 5.56 Å². The zero-order valence-electron chi connectivity index (χ0n) is 14.3. The number of methoxy groups -OCH3 is 2. The number of nitrogens with zero attached hydrogens (tertiary/aromatic N) is 2. The van der Waals surface area contributed by atoms with Crippen LogP contribution >= 0.6 is 23.2 Å². The Labute approximate surface area is 161 Å². The van der Waals surface area contributed by atoms with E-state index in [2.05, 4.69) is 5.32 Å². The van der Waals surface area contributed by atoms with Crippen molar-refractivity contribution in [3.8, 4) is 28.4 Å². The standard InChI is InChI=1S/C19H17Cl2N3O2/c1-25-12-4-6-17(26-2)14(10-12)18-13-7-8-22-19(13)24(23-18)11-3-5-15(20)16(21)9-11/h3-6,9-10,22H,7-8H2,1-2H3. The summed E-state index contributed by atoms with van der Waals surface area (Å²) in [4.78, 5) is 0. The van der Waals surface area contributed by atoms with Gasteiger partial charge in [0.05, 0.1) is 30.0 Å². The SMILES string of the molecule is COc1ccc(OC)c(-c2nn(-c3ccc(Cl)c(Cl)c3)c3c2CCN3)c1. The van der Waals surface area contributed by atoms with E-state index in [9.17, 15) is 0 Å². The van der Waals surface area contributed by atoms with E-state index in [-0.39, 0.29) is 0 Å². The van der Waals surface area contributed by atoms with Crippen LogP contribution in [0.2, 0.25) is 10.0 Å². The van der Waals surface area contributed by atoms with Gasteiger partial charge in [-0.25, -0.2) is 4.68 Å². The maximum atomic E-state index is 6.20. The van der Waals surface area contributed by atoms with Gasteiger partial charge in [-0.2, -0.15) is 5.10 Å². The maximum Gasteiger partial charge on any atom is 0.133 e. The van der Waals surface area contributed by atoms with Gasteiger partial charge in [0.15, 0.2) is 0 Å². The summed E-state index contributed by atoms with van der Waals surface area (Å²) in [5.74, 6) is 2.46. The molecule has 2 heterocycles. The third-order valence-electron chi connectivity index (χ3n) is 4.46. The first-order chi connectivity index (χ1) is 12.6. The van der Waals surface area contributed by atoms with Crippen LogP contribution in [0.25, 0.3) is 16.9 Å². The van der Waals surface area contributed by atoms with Gasteiger partial charge in [-0.1, -0.05) is 23.2 Å². The van der Waals surface area contributed by atoms with E-state index >= 15 is 0 Å². The molecule has 0 unspecified atom stereocenters. The monoisotopic (exact) mass is 389 g/mol. The Bertz CT molecular complexity index is 985. The van der Waals surface area contributed by atoms with Crippen LogP contribution < -0.4 is 14.8 Å². The number of hydrogen-bond donors (Lipinski definition) is 1. The fourth-order valence-electron chi connectivity index (χ4n) is 3.19. The Morgan fingerprint density at radius 2 is 1.88 bits per heavy atom. The largest absolute Gasteiger partial charge is 0.497 e. The van der Waals surface area contributed by atoms with Crippen LogP contribution in [0.15, 0.2) is 36.4 Å². The Kier molecular flexibility index (Phi) is 4.42. The van der Waals surface area contributed by atoms with Gasteiger partial charge in [0.25, 0.3) is 0 Å². The minimum atomic E-state index is 0.493. The summed E-state index contributed by atoms with van der Waals surface area (Å²) >= 11 is 12.2. The van der Waals surface area contributed by atoms with Crippen LogP contribution in [-0.4, -0.2) is 30.5 Å². The van der Waals surface area contributed by atoms with E-state index < -0.39 is 0 Å². The second-order valence-electron chi connectivity index (χ2n) is 5.93. The van der Waals surface area contributed by atoms with Crippen molar-refractivity contribution in [2.45, 2.75) is 6.42 Å². The van der Waals surface area contributed by atoms with E-state index in [4.69, 9.17) is 37.8 Å². The molecule has 134 valence electrons. The molecule has 0 bridgehead atoms. The van der Waals surface area contributed by atoms with Crippen LogP contribution in [0.4, 0.5) is 5.82 Å². The first-order valence-electron chi connectivity index (χ1n) is 8.16. The molecule has 0 amide bonds. The second kappa shape index (κ2) is 6.74. The highest BCUT2D eigenvalue weighted by Crippen LogP contribution is 2.40.